The lowest BCUT2D eigenvalue weighted by molar-refractivity contribution is -0.327. The van der Waals surface area contributed by atoms with Crippen LogP contribution in [0.1, 0.15) is 60.8 Å². The van der Waals surface area contributed by atoms with Gasteiger partial charge in [0.05, 0.1) is 26.4 Å². The van der Waals surface area contributed by atoms with E-state index in [2.05, 4.69) is 0 Å². The van der Waals surface area contributed by atoms with Crippen molar-refractivity contribution in [1.82, 2.24) is 0 Å². The molecule has 1 aliphatic carbocycles. The second-order valence-corrected chi connectivity index (χ2v) is 13.5. The van der Waals surface area contributed by atoms with Crippen molar-refractivity contribution in [2.24, 2.45) is 5.92 Å². The summed E-state index contributed by atoms with van der Waals surface area (Å²) in [7, 11) is 0. The van der Waals surface area contributed by atoms with E-state index < -0.39 is 42.8 Å². The Morgan fingerprint density at radius 1 is 0.647 bits per heavy atom. The SMILES string of the molecule is O=C(OCc1ccccc1)[C@H](CC1CCCCC1)O[C@@H]1[C@H](O)[C@H](COCc2ccccc2)O[C@H](OCc2ccccc2)[C@H]1OCc1ccccc1. The van der Waals surface area contributed by atoms with Crippen LogP contribution in [0.15, 0.2) is 121 Å². The molecule has 6 rings (SSSR count). The summed E-state index contributed by atoms with van der Waals surface area (Å²) in [6.45, 7) is 1.04. The van der Waals surface area contributed by atoms with Crippen molar-refractivity contribution >= 4 is 5.97 Å². The quantitative estimate of drug-likeness (QED) is 0.113. The summed E-state index contributed by atoms with van der Waals surface area (Å²) in [4.78, 5) is 13.9. The van der Waals surface area contributed by atoms with Crippen molar-refractivity contribution < 1.29 is 38.3 Å². The second kappa shape index (κ2) is 19.6. The lowest BCUT2D eigenvalue weighted by Gasteiger charge is -2.45. The van der Waals surface area contributed by atoms with Gasteiger partial charge in [-0.05, 0) is 34.6 Å². The number of esters is 1. The van der Waals surface area contributed by atoms with Gasteiger partial charge in [-0.1, -0.05) is 153 Å². The van der Waals surface area contributed by atoms with Crippen LogP contribution in [-0.2, 0) is 59.6 Å². The van der Waals surface area contributed by atoms with Gasteiger partial charge in [-0.3, -0.25) is 0 Å². The molecule has 0 spiro atoms. The number of aliphatic hydroxyl groups is 1. The molecule has 2 fully saturated rings. The van der Waals surface area contributed by atoms with Gasteiger partial charge in [0, 0.05) is 0 Å². The molecule has 8 heteroatoms. The molecule has 4 aromatic carbocycles. The van der Waals surface area contributed by atoms with E-state index in [1.165, 1.54) is 6.42 Å². The van der Waals surface area contributed by atoms with E-state index >= 15 is 0 Å². The van der Waals surface area contributed by atoms with Crippen LogP contribution in [-0.4, -0.2) is 54.5 Å². The molecule has 0 aromatic heterocycles. The molecule has 1 saturated heterocycles. The number of hydrogen-bond donors (Lipinski definition) is 1. The minimum atomic E-state index is -1.19. The Balaban J connectivity index is 1.26. The van der Waals surface area contributed by atoms with Gasteiger partial charge in [0.1, 0.15) is 31.0 Å². The first-order valence-corrected chi connectivity index (χ1v) is 18.2. The van der Waals surface area contributed by atoms with E-state index in [1.807, 2.05) is 121 Å². The van der Waals surface area contributed by atoms with Crippen molar-refractivity contribution in [2.75, 3.05) is 6.61 Å². The topological polar surface area (TPSA) is 92.7 Å². The summed E-state index contributed by atoms with van der Waals surface area (Å²) in [5.74, 6) is -0.146. The van der Waals surface area contributed by atoms with Crippen LogP contribution in [0.4, 0.5) is 0 Å². The molecule has 2 aliphatic rings. The van der Waals surface area contributed by atoms with E-state index in [9.17, 15) is 9.90 Å². The van der Waals surface area contributed by atoms with Crippen molar-refractivity contribution in [2.45, 2.75) is 102 Å². The van der Waals surface area contributed by atoms with Crippen molar-refractivity contribution in [1.29, 1.82) is 0 Å². The van der Waals surface area contributed by atoms with E-state index in [4.69, 9.17) is 28.4 Å². The molecule has 1 heterocycles. The molecule has 6 atom stereocenters. The molecule has 4 aromatic rings. The first-order chi connectivity index (χ1) is 25.1. The summed E-state index contributed by atoms with van der Waals surface area (Å²) in [6, 6.07) is 39.1. The Morgan fingerprint density at radius 2 is 1.16 bits per heavy atom. The molecule has 0 bridgehead atoms. The highest BCUT2D eigenvalue weighted by molar-refractivity contribution is 5.74. The average molecular weight is 695 g/mol. The van der Waals surface area contributed by atoms with Crippen LogP contribution in [0, 0.1) is 5.92 Å². The Labute approximate surface area is 301 Å². The van der Waals surface area contributed by atoms with Gasteiger partial charge >= 0.3 is 5.97 Å². The number of carbonyl (C=O) groups excluding carboxylic acids is 1. The lowest BCUT2D eigenvalue weighted by atomic mass is 9.85. The van der Waals surface area contributed by atoms with Gasteiger partial charge in [-0.2, -0.15) is 0 Å². The fourth-order valence-corrected chi connectivity index (χ4v) is 6.83. The highest BCUT2D eigenvalue weighted by atomic mass is 16.7. The molecular weight excluding hydrogens is 644 g/mol. The van der Waals surface area contributed by atoms with Crippen LogP contribution >= 0.6 is 0 Å². The van der Waals surface area contributed by atoms with Crippen LogP contribution in [0.5, 0.6) is 0 Å². The fraction of sp³-hybridized carbons (Fsp3) is 0.419. The van der Waals surface area contributed by atoms with Gasteiger partial charge in [-0.25, -0.2) is 4.79 Å². The number of ether oxygens (including phenoxy) is 6. The number of rotatable bonds is 17. The highest BCUT2D eigenvalue weighted by Gasteiger charge is 2.49. The summed E-state index contributed by atoms with van der Waals surface area (Å²) < 4.78 is 38.2. The molecule has 1 aliphatic heterocycles. The van der Waals surface area contributed by atoms with Gasteiger partial charge in [0.2, 0.25) is 0 Å². The zero-order chi connectivity index (χ0) is 35.1. The summed E-state index contributed by atoms with van der Waals surface area (Å²) >= 11 is 0. The third-order valence-corrected chi connectivity index (χ3v) is 9.63. The zero-order valence-corrected chi connectivity index (χ0v) is 29.2. The van der Waals surface area contributed by atoms with E-state index in [0.29, 0.717) is 18.9 Å². The van der Waals surface area contributed by atoms with Gasteiger partial charge in [0.25, 0.3) is 0 Å². The van der Waals surface area contributed by atoms with E-state index in [0.717, 1.165) is 47.9 Å². The largest absolute Gasteiger partial charge is 0.459 e. The molecule has 8 nitrogen and oxygen atoms in total. The first-order valence-electron chi connectivity index (χ1n) is 18.2. The molecule has 0 unspecified atom stereocenters. The molecule has 0 radical (unpaired) electrons. The Bertz CT molecular complexity index is 1550. The molecule has 51 heavy (non-hydrogen) atoms. The summed E-state index contributed by atoms with van der Waals surface area (Å²) in [6.07, 6.45) is 0.278. The second-order valence-electron chi connectivity index (χ2n) is 13.5. The molecule has 1 N–H and O–H groups in total. The summed E-state index contributed by atoms with van der Waals surface area (Å²) in [5.41, 5.74) is 3.80. The van der Waals surface area contributed by atoms with Crippen LogP contribution in [0.2, 0.25) is 0 Å². The maximum atomic E-state index is 13.9. The van der Waals surface area contributed by atoms with E-state index in [-0.39, 0.29) is 26.4 Å². The minimum Gasteiger partial charge on any atom is -0.459 e. The zero-order valence-electron chi connectivity index (χ0n) is 29.2. The van der Waals surface area contributed by atoms with Gasteiger partial charge in [-0.15, -0.1) is 0 Å². The normalized spacial score (nSPS) is 23.0. The third kappa shape index (κ3) is 11.3. The molecular formula is C43H50O8. The summed E-state index contributed by atoms with van der Waals surface area (Å²) in [5, 5.41) is 12.0. The molecule has 0 amide bonds. The van der Waals surface area contributed by atoms with Gasteiger partial charge < -0.3 is 33.5 Å². The maximum Gasteiger partial charge on any atom is 0.335 e. The monoisotopic (exact) mass is 694 g/mol. The average Bonchev–Trinajstić information content (AvgIpc) is 3.19. The van der Waals surface area contributed by atoms with Crippen LogP contribution in [0.3, 0.4) is 0 Å². The Kier molecular flexibility index (Phi) is 14.2. The minimum absolute atomic E-state index is 0.0816. The standard InChI is InChI=1S/C43H50O8/c44-39-38(31-46-27-33-18-8-2-9-19-33)51-43(49-30-36-24-14-5-15-25-36)41(47-28-34-20-10-3-11-21-34)40(39)50-37(26-32-16-6-1-7-17-32)42(45)48-29-35-22-12-4-13-23-35/h2-5,8-15,18-25,32,37-41,43-44H,1,6-7,16-17,26-31H2/t37-,38-,39+,40+,41-,43-/m0/s1. The van der Waals surface area contributed by atoms with Crippen LogP contribution < -0.4 is 0 Å². The first kappa shape index (κ1) is 36.9. The fourth-order valence-electron chi connectivity index (χ4n) is 6.83. The lowest BCUT2D eigenvalue weighted by Crippen LogP contribution is -2.62. The predicted molar refractivity (Wildman–Crippen MR) is 193 cm³/mol. The molecule has 270 valence electrons. The maximum absolute atomic E-state index is 13.9. The number of hydrogen-bond acceptors (Lipinski definition) is 8. The van der Waals surface area contributed by atoms with Gasteiger partial charge in [0.15, 0.2) is 12.4 Å². The predicted octanol–water partition coefficient (Wildman–Crippen LogP) is 7.56. The molecule has 1 saturated carbocycles. The number of benzene rings is 4. The highest BCUT2D eigenvalue weighted by Crippen LogP contribution is 2.33. The third-order valence-electron chi connectivity index (χ3n) is 9.63. The van der Waals surface area contributed by atoms with Crippen molar-refractivity contribution in [3.63, 3.8) is 0 Å². The Morgan fingerprint density at radius 3 is 1.73 bits per heavy atom. The smallest absolute Gasteiger partial charge is 0.335 e. The van der Waals surface area contributed by atoms with Crippen molar-refractivity contribution in [3.8, 4) is 0 Å². The van der Waals surface area contributed by atoms with Crippen molar-refractivity contribution in [3.05, 3.63) is 144 Å². The number of aliphatic hydroxyl groups excluding tert-OH is 1. The van der Waals surface area contributed by atoms with Crippen LogP contribution in [0.25, 0.3) is 0 Å². The Hall–Kier alpha value is -3.89. The van der Waals surface area contributed by atoms with E-state index in [1.54, 1.807) is 0 Å². The number of carbonyl (C=O) groups is 1.